The van der Waals surface area contributed by atoms with Gasteiger partial charge in [-0.25, -0.2) is 0 Å². The summed E-state index contributed by atoms with van der Waals surface area (Å²) in [5.74, 6) is 1.41. The van der Waals surface area contributed by atoms with E-state index >= 15 is 0 Å². The minimum absolute atomic E-state index is 0. The second-order valence-electron chi connectivity index (χ2n) is 12.4. The molecule has 2 aliphatic heterocycles. The monoisotopic (exact) mass is 616 g/mol. The zero-order valence-electron chi connectivity index (χ0n) is 21.7. The largest absolute Gasteiger partial charge is 1.00 e. The maximum atomic E-state index is 13.3. The number of rotatable bonds is 5. The van der Waals surface area contributed by atoms with Gasteiger partial charge in [-0.15, -0.1) is 0 Å². The molecule has 1 aromatic carbocycles. The van der Waals surface area contributed by atoms with Gasteiger partial charge in [0.2, 0.25) is 5.91 Å². The number of likely N-dealkylation sites (tertiary alicyclic amines) is 1. The van der Waals surface area contributed by atoms with Crippen LogP contribution in [-0.2, 0) is 16.6 Å². The number of halogens is 1. The molecule has 7 heteroatoms. The van der Waals surface area contributed by atoms with E-state index in [0.717, 1.165) is 53.9 Å². The predicted molar refractivity (Wildman–Crippen MR) is 137 cm³/mol. The van der Waals surface area contributed by atoms with E-state index < -0.39 is 11.0 Å². The second kappa shape index (κ2) is 8.58. The number of nitrogens with zero attached hydrogens (tertiary/aromatic N) is 2. The van der Waals surface area contributed by atoms with Gasteiger partial charge < -0.3 is 48.3 Å². The van der Waals surface area contributed by atoms with Crippen LogP contribution in [0.2, 0.25) is 0 Å². The lowest BCUT2D eigenvalue weighted by Gasteiger charge is -2.66. The molecule has 1 amide bonds. The van der Waals surface area contributed by atoms with Crippen LogP contribution in [0.15, 0.2) is 48.1 Å². The van der Waals surface area contributed by atoms with Crippen LogP contribution in [0.25, 0.3) is 0 Å². The number of carbonyl (C=O) groups is 1. The van der Waals surface area contributed by atoms with E-state index in [9.17, 15) is 15.0 Å². The zero-order valence-corrected chi connectivity index (χ0v) is 23.9. The summed E-state index contributed by atoms with van der Waals surface area (Å²) in [7, 11) is 4.21. The van der Waals surface area contributed by atoms with Crippen LogP contribution in [0.5, 0.6) is 11.5 Å². The fourth-order valence-corrected chi connectivity index (χ4v) is 8.58. The van der Waals surface area contributed by atoms with Crippen molar-refractivity contribution in [3.05, 3.63) is 59.2 Å². The van der Waals surface area contributed by atoms with Gasteiger partial charge >= 0.3 is 0 Å². The number of likely N-dealkylation sites (N-methyl/N-ethyl adjacent to an activating group) is 2. The summed E-state index contributed by atoms with van der Waals surface area (Å²) in [6.07, 6.45) is 15.9. The van der Waals surface area contributed by atoms with E-state index in [2.05, 4.69) is 19.2 Å². The summed E-state index contributed by atoms with van der Waals surface area (Å²) in [6.45, 7) is 2.12. The van der Waals surface area contributed by atoms with Crippen molar-refractivity contribution in [1.29, 1.82) is 0 Å². The second-order valence-corrected chi connectivity index (χ2v) is 12.4. The van der Waals surface area contributed by atoms with Crippen molar-refractivity contribution in [3.8, 4) is 11.5 Å². The first-order valence-corrected chi connectivity index (χ1v) is 13.7. The first-order chi connectivity index (χ1) is 17.3. The Balaban J connectivity index is 0.00000252. The van der Waals surface area contributed by atoms with Gasteiger partial charge in [-0.05, 0) is 55.4 Å². The standard InChI is InChI=1S/C30H36N2O4.HI/c1-31(25(34)12-9-19-5-3-4-6-19)22-13-14-30(35)24-17-21-10-11-23(33)27-26(21)29(30,28(22)36-27)15-16-32(24,2)18-20-7-8-20;/h3,5-6,9-12,20,22,24,28,35H,4,7-8,13-18H2,1-2H3;1H/b12-9+;/t22-,24-,28+,29+,30-,32?;/m1./s1. The highest BCUT2D eigenvalue weighted by molar-refractivity contribution is 5.88. The number of allylic oxidation sites excluding steroid dienone is 5. The Kier molecular flexibility index (Phi) is 5.90. The molecule has 37 heavy (non-hydrogen) atoms. The van der Waals surface area contributed by atoms with Crippen molar-refractivity contribution in [2.45, 2.75) is 74.1 Å². The average molecular weight is 617 g/mol. The Morgan fingerprint density at radius 1 is 1.27 bits per heavy atom. The number of hydrogen-bond donors (Lipinski definition) is 2. The van der Waals surface area contributed by atoms with Crippen LogP contribution >= 0.6 is 0 Å². The van der Waals surface area contributed by atoms with Gasteiger partial charge in [0, 0.05) is 37.4 Å². The number of aliphatic hydroxyl groups is 1. The van der Waals surface area contributed by atoms with Gasteiger partial charge in [-0.3, -0.25) is 4.79 Å². The highest BCUT2D eigenvalue weighted by Gasteiger charge is 2.76. The van der Waals surface area contributed by atoms with E-state index in [-0.39, 0.29) is 53.8 Å². The summed E-state index contributed by atoms with van der Waals surface area (Å²) in [4.78, 5) is 15.1. The molecule has 2 N–H and O–H groups in total. The molecule has 2 heterocycles. The Hall–Kier alpha value is -1.84. The molecule has 1 aromatic rings. The lowest BCUT2D eigenvalue weighted by molar-refractivity contribution is -0.950. The molecule has 6 nitrogen and oxygen atoms in total. The molecular weight excluding hydrogens is 579 g/mol. The topological polar surface area (TPSA) is 70.0 Å². The van der Waals surface area contributed by atoms with Gasteiger partial charge in [-0.2, -0.15) is 0 Å². The Morgan fingerprint density at radius 2 is 2.08 bits per heavy atom. The first-order valence-electron chi connectivity index (χ1n) is 13.7. The van der Waals surface area contributed by atoms with Crippen molar-refractivity contribution < 1.29 is 48.2 Å². The minimum Gasteiger partial charge on any atom is -1.00 e. The Morgan fingerprint density at radius 3 is 2.81 bits per heavy atom. The van der Waals surface area contributed by atoms with Crippen molar-refractivity contribution >= 4 is 5.91 Å². The molecule has 1 unspecified atom stereocenters. The quantitative estimate of drug-likeness (QED) is 0.285. The smallest absolute Gasteiger partial charge is 0.246 e. The number of quaternary nitrogens is 1. The maximum Gasteiger partial charge on any atom is 0.246 e. The number of piperidine rings is 1. The van der Waals surface area contributed by atoms with E-state index in [1.165, 1.54) is 18.4 Å². The average Bonchev–Trinajstić information content (AvgIpc) is 3.36. The first kappa shape index (κ1) is 25.4. The van der Waals surface area contributed by atoms with Gasteiger partial charge in [0.1, 0.15) is 17.7 Å². The van der Waals surface area contributed by atoms with Crippen molar-refractivity contribution in [2.75, 3.05) is 27.2 Å². The SMILES string of the molecule is CN(C(=O)/C=C/C1=CCC=C1)[C@@H]1CC[C@@]2(O)[C@H]3Cc4ccc(O)c5c4[C@@]2(CC[N+]3(C)CC2CC2)[C@H]1O5.[I-]. The van der Waals surface area contributed by atoms with Crippen LogP contribution in [0.4, 0.5) is 0 Å². The number of benzene rings is 1. The number of phenolic OH excluding ortho intramolecular Hbond substituents is 1. The molecule has 4 aliphatic carbocycles. The van der Waals surface area contributed by atoms with E-state index in [4.69, 9.17) is 4.74 Å². The molecular formula is C30H37IN2O4. The minimum atomic E-state index is -0.915. The number of ether oxygens (including phenoxy) is 1. The van der Waals surface area contributed by atoms with Gasteiger partial charge in [0.15, 0.2) is 11.5 Å². The van der Waals surface area contributed by atoms with Crippen molar-refractivity contribution in [2.24, 2.45) is 5.92 Å². The third kappa shape index (κ3) is 3.45. The summed E-state index contributed by atoms with van der Waals surface area (Å²) in [5, 5.41) is 23.6. The molecule has 1 spiro atoms. The highest BCUT2D eigenvalue weighted by atomic mass is 127. The molecule has 6 atom stereocenters. The molecule has 2 saturated carbocycles. The van der Waals surface area contributed by atoms with Crippen LogP contribution < -0.4 is 28.7 Å². The lowest BCUT2D eigenvalue weighted by Crippen LogP contribution is -3.00. The lowest BCUT2D eigenvalue weighted by atomic mass is 9.47. The van der Waals surface area contributed by atoms with Crippen LogP contribution in [-0.4, -0.2) is 76.5 Å². The van der Waals surface area contributed by atoms with Crippen molar-refractivity contribution in [1.82, 2.24) is 4.90 Å². The van der Waals surface area contributed by atoms with Gasteiger partial charge in [-0.1, -0.05) is 24.3 Å². The Labute approximate surface area is 236 Å². The number of aromatic hydroxyl groups is 1. The van der Waals surface area contributed by atoms with Gasteiger partial charge in [0.05, 0.1) is 31.6 Å². The fraction of sp³-hybridized carbons (Fsp3) is 0.567. The summed E-state index contributed by atoms with van der Waals surface area (Å²) in [5.41, 5.74) is 1.77. The number of hydrogen-bond acceptors (Lipinski definition) is 4. The molecule has 2 bridgehead atoms. The van der Waals surface area contributed by atoms with E-state index in [1.54, 1.807) is 12.1 Å². The van der Waals surface area contributed by atoms with Crippen molar-refractivity contribution in [3.63, 3.8) is 0 Å². The van der Waals surface area contributed by atoms with Crippen LogP contribution in [0, 0.1) is 5.92 Å². The predicted octanol–water partition coefficient (Wildman–Crippen LogP) is 0.374. The number of amides is 1. The van der Waals surface area contributed by atoms with E-state index in [1.807, 2.05) is 30.2 Å². The molecule has 3 fully saturated rings. The fourth-order valence-electron chi connectivity index (χ4n) is 8.58. The van der Waals surface area contributed by atoms with Crippen LogP contribution in [0.1, 0.15) is 49.7 Å². The third-order valence-electron chi connectivity index (χ3n) is 10.5. The Bertz CT molecular complexity index is 1240. The molecule has 198 valence electrons. The number of phenols is 1. The molecule has 0 aromatic heterocycles. The molecule has 1 saturated heterocycles. The third-order valence-corrected chi connectivity index (χ3v) is 10.5. The summed E-state index contributed by atoms with van der Waals surface area (Å²) >= 11 is 0. The number of carbonyl (C=O) groups excluding carboxylic acids is 1. The zero-order chi connectivity index (χ0) is 24.9. The summed E-state index contributed by atoms with van der Waals surface area (Å²) in [6, 6.07) is 3.73. The highest BCUT2D eigenvalue weighted by Crippen LogP contribution is 2.66. The molecule has 0 radical (unpaired) electrons. The van der Waals surface area contributed by atoms with Crippen LogP contribution in [0.3, 0.4) is 0 Å². The summed E-state index contributed by atoms with van der Waals surface area (Å²) < 4.78 is 7.55. The normalized spacial score (nSPS) is 38.6. The molecule has 6 aliphatic rings. The molecule has 7 rings (SSSR count). The van der Waals surface area contributed by atoms with Gasteiger partial charge in [0.25, 0.3) is 0 Å². The van der Waals surface area contributed by atoms with E-state index in [0.29, 0.717) is 18.6 Å². The maximum absolute atomic E-state index is 13.3.